The molecule has 0 N–H and O–H groups in total. The molecule has 0 spiro atoms. The van der Waals surface area contributed by atoms with Gasteiger partial charge in [0.15, 0.2) is 0 Å². The summed E-state index contributed by atoms with van der Waals surface area (Å²) in [4.78, 5) is 1.90. The van der Waals surface area contributed by atoms with Crippen molar-refractivity contribution >= 4 is 30.4 Å². The van der Waals surface area contributed by atoms with Crippen LogP contribution in [-0.2, 0) is 0 Å². The highest BCUT2D eigenvalue weighted by atomic mass is 19.1. The summed E-state index contributed by atoms with van der Waals surface area (Å²) in [6.45, 7) is 0. The molecule has 0 unspecified atom stereocenters. The van der Waals surface area contributed by atoms with Gasteiger partial charge < -0.3 is 4.90 Å². The molecule has 106 valence electrons. The van der Waals surface area contributed by atoms with E-state index < -0.39 is 0 Å². The average Bonchev–Trinajstić information content (AvgIpc) is 2.53. The monoisotopic (exact) mass is 291 g/mol. The Morgan fingerprint density at radius 2 is 0.864 bits per heavy atom. The summed E-state index contributed by atoms with van der Waals surface area (Å²) in [5.74, 6) is -0.611. The maximum atomic E-state index is 13.2. The molecule has 3 aromatic rings. The van der Waals surface area contributed by atoms with Gasteiger partial charge in [-0.05, 0) is 60.7 Å². The standard InChI is InChI=1S/C18H12BF2N/c19-13-1-7-16(8-2-13)22(17-9-3-14(20)4-10-17)18-11-5-15(21)6-12-18/h1-12H. The molecule has 0 aliphatic carbocycles. The SMILES string of the molecule is [B]c1ccc(N(c2ccc(F)cc2)c2ccc(F)cc2)cc1. The van der Waals surface area contributed by atoms with Crippen molar-refractivity contribution in [2.45, 2.75) is 0 Å². The van der Waals surface area contributed by atoms with E-state index in [4.69, 9.17) is 7.85 Å². The van der Waals surface area contributed by atoms with Gasteiger partial charge in [0.05, 0.1) is 0 Å². The van der Waals surface area contributed by atoms with Crippen LogP contribution in [0.3, 0.4) is 0 Å². The maximum Gasteiger partial charge on any atom is 0.123 e. The van der Waals surface area contributed by atoms with Crippen LogP contribution in [0.25, 0.3) is 0 Å². The van der Waals surface area contributed by atoms with Crippen molar-refractivity contribution in [1.29, 1.82) is 0 Å². The van der Waals surface area contributed by atoms with Crippen LogP contribution < -0.4 is 10.4 Å². The number of hydrogen-bond donors (Lipinski definition) is 0. The minimum absolute atomic E-state index is 0.305. The molecule has 0 saturated heterocycles. The minimum Gasteiger partial charge on any atom is -0.311 e. The van der Waals surface area contributed by atoms with E-state index in [0.29, 0.717) is 5.46 Å². The van der Waals surface area contributed by atoms with Gasteiger partial charge in [-0.25, -0.2) is 8.78 Å². The molecule has 2 radical (unpaired) electrons. The lowest BCUT2D eigenvalue weighted by Crippen LogP contribution is -2.11. The molecule has 1 nitrogen and oxygen atoms in total. The normalized spacial score (nSPS) is 10.5. The molecule has 0 atom stereocenters. The van der Waals surface area contributed by atoms with Crippen LogP contribution in [0.1, 0.15) is 0 Å². The second-order valence-corrected chi connectivity index (χ2v) is 4.88. The topological polar surface area (TPSA) is 3.24 Å². The van der Waals surface area contributed by atoms with Crippen LogP contribution >= 0.6 is 0 Å². The van der Waals surface area contributed by atoms with Gasteiger partial charge in [0.25, 0.3) is 0 Å². The summed E-state index contributed by atoms with van der Waals surface area (Å²) in [5.41, 5.74) is 3.06. The van der Waals surface area contributed by atoms with Crippen LogP contribution in [0, 0.1) is 11.6 Å². The highest BCUT2D eigenvalue weighted by molar-refractivity contribution is 6.32. The van der Waals surface area contributed by atoms with E-state index in [1.807, 2.05) is 17.0 Å². The summed E-state index contributed by atoms with van der Waals surface area (Å²) >= 11 is 0. The lowest BCUT2D eigenvalue weighted by molar-refractivity contribution is 0.628. The van der Waals surface area contributed by atoms with Gasteiger partial charge in [-0.2, -0.15) is 0 Å². The molecular weight excluding hydrogens is 279 g/mol. The van der Waals surface area contributed by atoms with E-state index >= 15 is 0 Å². The predicted octanol–water partition coefficient (Wildman–Crippen LogP) is 4.23. The van der Waals surface area contributed by atoms with Crippen molar-refractivity contribution in [3.63, 3.8) is 0 Å². The highest BCUT2D eigenvalue weighted by Gasteiger charge is 2.12. The molecule has 0 aromatic heterocycles. The minimum atomic E-state index is -0.305. The Kier molecular flexibility index (Phi) is 3.92. The summed E-state index contributed by atoms with van der Waals surface area (Å²) < 4.78 is 26.4. The third kappa shape index (κ3) is 3.01. The van der Waals surface area contributed by atoms with Crippen LogP contribution in [0.2, 0.25) is 0 Å². The molecule has 0 saturated carbocycles. The molecule has 0 fully saturated rings. The zero-order valence-electron chi connectivity index (χ0n) is 11.7. The first-order valence-corrected chi connectivity index (χ1v) is 6.80. The predicted molar refractivity (Wildman–Crippen MR) is 86.4 cm³/mol. The molecule has 22 heavy (non-hydrogen) atoms. The summed E-state index contributed by atoms with van der Waals surface area (Å²) in [7, 11) is 5.73. The Labute approximate surface area is 129 Å². The lowest BCUT2D eigenvalue weighted by atomic mass is 9.96. The van der Waals surface area contributed by atoms with Gasteiger partial charge in [0.2, 0.25) is 0 Å². The van der Waals surface area contributed by atoms with Gasteiger partial charge in [-0.1, -0.05) is 17.6 Å². The molecule has 0 bridgehead atoms. The van der Waals surface area contributed by atoms with Crippen molar-refractivity contribution in [3.8, 4) is 0 Å². The van der Waals surface area contributed by atoms with E-state index in [-0.39, 0.29) is 11.6 Å². The molecule has 0 amide bonds. The van der Waals surface area contributed by atoms with Crippen molar-refractivity contribution in [2.24, 2.45) is 0 Å². The summed E-state index contributed by atoms with van der Waals surface area (Å²) in [6.07, 6.45) is 0. The second-order valence-electron chi connectivity index (χ2n) is 4.88. The number of nitrogens with zero attached hydrogens (tertiary/aromatic N) is 1. The van der Waals surface area contributed by atoms with Gasteiger partial charge in [0, 0.05) is 17.1 Å². The molecule has 4 heteroatoms. The van der Waals surface area contributed by atoms with E-state index in [0.717, 1.165) is 17.1 Å². The quantitative estimate of drug-likeness (QED) is 0.653. The first-order valence-electron chi connectivity index (χ1n) is 6.80. The molecular formula is C18H12BF2N. The number of benzene rings is 3. The Bertz CT molecular complexity index is 644. The lowest BCUT2D eigenvalue weighted by Gasteiger charge is -2.25. The third-order valence-electron chi connectivity index (χ3n) is 3.32. The van der Waals surface area contributed by atoms with Crippen LogP contribution in [0.5, 0.6) is 0 Å². The largest absolute Gasteiger partial charge is 0.311 e. The van der Waals surface area contributed by atoms with Crippen molar-refractivity contribution in [1.82, 2.24) is 0 Å². The Morgan fingerprint density at radius 1 is 0.545 bits per heavy atom. The Morgan fingerprint density at radius 3 is 1.23 bits per heavy atom. The Hall–Kier alpha value is -2.62. The zero-order valence-corrected chi connectivity index (χ0v) is 11.7. The van der Waals surface area contributed by atoms with Crippen molar-refractivity contribution in [2.75, 3.05) is 4.90 Å². The van der Waals surface area contributed by atoms with Crippen LogP contribution in [0.15, 0.2) is 72.8 Å². The fourth-order valence-corrected chi connectivity index (χ4v) is 2.25. The van der Waals surface area contributed by atoms with Gasteiger partial charge >= 0.3 is 0 Å². The maximum absolute atomic E-state index is 13.2. The number of halogens is 2. The second kappa shape index (κ2) is 6.02. The smallest absolute Gasteiger partial charge is 0.123 e. The number of hydrogen-bond acceptors (Lipinski definition) is 1. The average molecular weight is 291 g/mol. The van der Waals surface area contributed by atoms with E-state index in [1.54, 1.807) is 36.4 Å². The molecule has 3 aromatic carbocycles. The first kappa shape index (κ1) is 14.3. The van der Waals surface area contributed by atoms with Gasteiger partial charge in [-0.3, -0.25) is 0 Å². The van der Waals surface area contributed by atoms with Gasteiger partial charge in [0.1, 0.15) is 19.5 Å². The summed E-state index contributed by atoms with van der Waals surface area (Å²) in [5, 5.41) is 0. The number of anilines is 3. The fraction of sp³-hybridized carbons (Fsp3) is 0. The third-order valence-corrected chi connectivity index (χ3v) is 3.32. The molecule has 0 heterocycles. The van der Waals surface area contributed by atoms with E-state index in [9.17, 15) is 8.78 Å². The van der Waals surface area contributed by atoms with Gasteiger partial charge in [-0.15, -0.1) is 0 Å². The molecule has 0 aliphatic rings. The van der Waals surface area contributed by atoms with Crippen molar-refractivity contribution < 1.29 is 8.78 Å². The van der Waals surface area contributed by atoms with Crippen LogP contribution in [-0.4, -0.2) is 7.85 Å². The van der Waals surface area contributed by atoms with Crippen molar-refractivity contribution in [3.05, 3.63) is 84.4 Å². The molecule has 0 aliphatic heterocycles. The fourth-order valence-electron chi connectivity index (χ4n) is 2.25. The highest BCUT2D eigenvalue weighted by Crippen LogP contribution is 2.33. The first-order chi connectivity index (χ1) is 10.6. The zero-order chi connectivity index (χ0) is 15.5. The van der Waals surface area contributed by atoms with Crippen LogP contribution in [0.4, 0.5) is 25.8 Å². The molecule has 3 rings (SSSR count). The Balaban J connectivity index is 2.10. The van der Waals surface area contributed by atoms with E-state index in [1.165, 1.54) is 24.3 Å². The van der Waals surface area contributed by atoms with E-state index in [2.05, 4.69) is 0 Å². The number of rotatable bonds is 3. The summed E-state index contributed by atoms with van der Waals surface area (Å²) in [6, 6.07) is 19.6.